The minimum absolute atomic E-state index is 0.113. The van der Waals surface area contributed by atoms with Gasteiger partial charge < -0.3 is 19.9 Å². The first-order valence-corrected chi connectivity index (χ1v) is 17.7. The number of hydrogen-bond donors (Lipinski definition) is 1. The Morgan fingerprint density at radius 2 is 1.17 bits per heavy atom. The van der Waals surface area contributed by atoms with Gasteiger partial charge in [0.2, 0.25) is 0 Å². The topological polar surface area (TPSA) is 156 Å². The number of nitrogens with one attached hydrogen (secondary N) is 1. The van der Waals surface area contributed by atoms with Gasteiger partial charge in [0.25, 0.3) is 17.7 Å². The summed E-state index contributed by atoms with van der Waals surface area (Å²) >= 11 is 3.47. The molecule has 0 bridgehead atoms. The van der Waals surface area contributed by atoms with Crippen LogP contribution in [0.4, 0.5) is 0 Å². The molecule has 1 unspecified atom stereocenters. The van der Waals surface area contributed by atoms with Crippen LogP contribution in [0.15, 0.2) is 65.1 Å². The maximum Gasteiger partial charge on any atom is 0.328 e. The number of fused-ring (bicyclic) bond motifs is 2. The van der Waals surface area contributed by atoms with E-state index in [9.17, 15) is 19.2 Å². The Labute approximate surface area is 321 Å². The Bertz CT molecular complexity index is 2430. The lowest BCUT2D eigenvalue weighted by Crippen LogP contribution is -2.39. The molecule has 3 amide bonds. The number of benzene rings is 2. The Kier molecular flexibility index (Phi) is 11.6. The van der Waals surface area contributed by atoms with Crippen molar-refractivity contribution in [2.45, 2.75) is 40.7 Å². The number of esters is 1. The number of ether oxygens (including phenoxy) is 1. The Hall–Kier alpha value is -5.96. The van der Waals surface area contributed by atoms with Gasteiger partial charge in [-0.1, -0.05) is 28.1 Å². The lowest BCUT2D eigenvalue weighted by atomic mass is 10.0. The number of nitrogens with zero attached hydrogens (tertiary/aromatic N) is 8. The summed E-state index contributed by atoms with van der Waals surface area (Å²) in [6, 6.07) is 17.7. The van der Waals surface area contributed by atoms with Gasteiger partial charge in [-0.15, -0.1) is 0 Å². The lowest BCUT2D eigenvalue weighted by Gasteiger charge is -2.12. The highest BCUT2D eigenvalue weighted by Gasteiger charge is 2.20. The van der Waals surface area contributed by atoms with E-state index in [1.54, 1.807) is 80.5 Å². The van der Waals surface area contributed by atoms with Gasteiger partial charge in [-0.25, -0.2) is 23.8 Å². The summed E-state index contributed by atoms with van der Waals surface area (Å²) in [4.78, 5) is 60.3. The summed E-state index contributed by atoms with van der Waals surface area (Å²) in [7, 11) is 8.07. The fourth-order valence-electron chi connectivity index (χ4n) is 5.71. The fourth-order valence-corrected chi connectivity index (χ4v) is 6.19. The maximum atomic E-state index is 12.4. The molecule has 54 heavy (non-hydrogen) atoms. The van der Waals surface area contributed by atoms with Crippen molar-refractivity contribution in [2.24, 2.45) is 0 Å². The normalized spacial score (nSPS) is 11.5. The zero-order valence-corrected chi connectivity index (χ0v) is 33.4. The van der Waals surface area contributed by atoms with E-state index in [-0.39, 0.29) is 17.7 Å². The van der Waals surface area contributed by atoms with Gasteiger partial charge in [-0.05, 0) is 82.1 Å². The van der Waals surface area contributed by atoms with Gasteiger partial charge in [-0.2, -0.15) is 10.2 Å². The minimum atomic E-state index is -0.746. The fraction of sp³-hybridized carbons (Fsp3) is 0.282. The summed E-state index contributed by atoms with van der Waals surface area (Å²) in [6.45, 7) is 9.27. The van der Waals surface area contributed by atoms with Gasteiger partial charge >= 0.3 is 5.97 Å². The van der Waals surface area contributed by atoms with Crippen molar-refractivity contribution in [2.75, 3.05) is 35.3 Å². The smallest absolute Gasteiger partial charge is 0.328 e. The van der Waals surface area contributed by atoms with Crippen LogP contribution in [0, 0.1) is 27.7 Å². The van der Waals surface area contributed by atoms with Gasteiger partial charge in [0.1, 0.15) is 17.4 Å². The van der Waals surface area contributed by atoms with Crippen LogP contribution in [0.3, 0.4) is 0 Å². The SMILES string of the molecule is COC(=O)C(C)NC(=O)c1ccc(-c2cc3nc(C(=O)N(C)C)cc(C)n3n2)c(C)c1.Cc1cc(Br)ccc1-c1cc2nc(C(=O)N(C)C)cc(C)n2n1. The molecule has 6 aromatic rings. The molecule has 1 atom stereocenters. The molecule has 0 aliphatic heterocycles. The molecule has 280 valence electrons. The van der Waals surface area contributed by atoms with Crippen LogP contribution >= 0.6 is 15.9 Å². The van der Waals surface area contributed by atoms with E-state index in [1.807, 2.05) is 45.9 Å². The number of methoxy groups -OCH3 is 1. The molecule has 0 saturated carbocycles. The molecule has 1 N–H and O–H groups in total. The van der Waals surface area contributed by atoms with E-state index < -0.39 is 12.0 Å². The summed E-state index contributed by atoms with van der Waals surface area (Å²) < 4.78 is 9.12. The predicted octanol–water partition coefficient (Wildman–Crippen LogP) is 5.48. The van der Waals surface area contributed by atoms with Crippen molar-refractivity contribution in [3.8, 4) is 22.5 Å². The van der Waals surface area contributed by atoms with Crippen LogP contribution in [0.5, 0.6) is 0 Å². The lowest BCUT2D eigenvalue weighted by molar-refractivity contribution is -0.142. The van der Waals surface area contributed by atoms with E-state index in [4.69, 9.17) is 0 Å². The van der Waals surface area contributed by atoms with E-state index in [2.05, 4.69) is 52.2 Å². The average Bonchev–Trinajstić information content (AvgIpc) is 3.76. The number of rotatable bonds is 7. The minimum Gasteiger partial charge on any atom is -0.467 e. The van der Waals surface area contributed by atoms with Crippen LogP contribution < -0.4 is 5.32 Å². The van der Waals surface area contributed by atoms with Crippen LogP contribution in [0.1, 0.15) is 60.8 Å². The second-order valence-corrected chi connectivity index (χ2v) is 14.2. The molecule has 14 nitrogen and oxygen atoms in total. The van der Waals surface area contributed by atoms with Crippen molar-refractivity contribution in [1.82, 2.24) is 44.3 Å². The first-order chi connectivity index (χ1) is 25.5. The molecule has 4 heterocycles. The third kappa shape index (κ3) is 8.31. The second kappa shape index (κ2) is 16.0. The number of aryl methyl sites for hydroxylation is 4. The van der Waals surface area contributed by atoms with E-state index in [1.165, 1.54) is 16.9 Å². The van der Waals surface area contributed by atoms with Gasteiger partial charge in [0.05, 0.1) is 18.5 Å². The highest BCUT2D eigenvalue weighted by atomic mass is 79.9. The van der Waals surface area contributed by atoms with Gasteiger partial charge in [0.15, 0.2) is 11.3 Å². The molecular formula is C39H42BrN9O5. The number of carbonyl (C=O) groups is 4. The van der Waals surface area contributed by atoms with Crippen LogP contribution in [-0.2, 0) is 9.53 Å². The molecule has 0 spiro atoms. The molecule has 0 aliphatic rings. The van der Waals surface area contributed by atoms with E-state index >= 15 is 0 Å². The number of aromatic nitrogens is 6. The van der Waals surface area contributed by atoms with Crippen LogP contribution in [-0.4, -0.2) is 104 Å². The van der Waals surface area contributed by atoms with E-state index in [0.717, 1.165) is 43.8 Å². The van der Waals surface area contributed by atoms with Crippen molar-refractivity contribution < 1.29 is 23.9 Å². The van der Waals surface area contributed by atoms with Gasteiger partial charge in [0, 0.05) is 72.9 Å². The summed E-state index contributed by atoms with van der Waals surface area (Å²) in [6.07, 6.45) is 0. The Morgan fingerprint density at radius 3 is 1.59 bits per heavy atom. The number of hydrogen-bond acceptors (Lipinski definition) is 9. The molecular weight excluding hydrogens is 754 g/mol. The highest BCUT2D eigenvalue weighted by molar-refractivity contribution is 9.10. The van der Waals surface area contributed by atoms with Crippen molar-refractivity contribution >= 4 is 50.9 Å². The zero-order valence-electron chi connectivity index (χ0n) is 31.8. The number of amides is 3. The largest absolute Gasteiger partial charge is 0.467 e. The van der Waals surface area contributed by atoms with Crippen molar-refractivity contribution in [1.29, 1.82) is 0 Å². The Morgan fingerprint density at radius 1 is 0.704 bits per heavy atom. The first kappa shape index (κ1) is 39.3. The molecule has 4 aromatic heterocycles. The van der Waals surface area contributed by atoms with Crippen molar-refractivity contribution in [3.05, 3.63) is 105 Å². The third-order valence-corrected chi connectivity index (χ3v) is 9.09. The standard InChI is InChI=1S/C22H25N5O4.C17H17BrN4O/c1-12-9-15(20(28)23-14(3)22(30)31-6)7-8-16(12)17-11-19-24-18(21(29)26(4)5)10-13(2)27(19)25-17;1-10-7-12(18)5-6-13(10)14-9-16-19-15(17(23)21(3)4)8-11(2)22(16)20-14/h7-11,14H,1-6H3,(H,23,28);5-9H,1-4H3. The average molecular weight is 797 g/mol. The first-order valence-electron chi connectivity index (χ1n) is 16.9. The summed E-state index contributed by atoms with van der Waals surface area (Å²) in [5.41, 5.74) is 9.49. The Balaban J connectivity index is 0.000000217. The second-order valence-electron chi connectivity index (χ2n) is 13.3. The highest BCUT2D eigenvalue weighted by Crippen LogP contribution is 2.27. The molecule has 15 heteroatoms. The number of carbonyl (C=O) groups excluding carboxylic acids is 4. The van der Waals surface area contributed by atoms with Crippen molar-refractivity contribution in [3.63, 3.8) is 0 Å². The third-order valence-electron chi connectivity index (χ3n) is 8.59. The van der Waals surface area contributed by atoms with Crippen LogP contribution in [0.2, 0.25) is 0 Å². The molecule has 0 radical (unpaired) electrons. The molecule has 0 aliphatic carbocycles. The molecule has 6 rings (SSSR count). The summed E-state index contributed by atoms with van der Waals surface area (Å²) in [5.74, 6) is -1.17. The van der Waals surface area contributed by atoms with E-state index in [0.29, 0.717) is 33.9 Å². The maximum absolute atomic E-state index is 12.4. The zero-order chi connectivity index (χ0) is 39.6. The molecule has 0 saturated heterocycles. The predicted molar refractivity (Wildman–Crippen MR) is 208 cm³/mol. The molecule has 0 fully saturated rings. The van der Waals surface area contributed by atoms with Gasteiger partial charge in [-0.3, -0.25) is 14.4 Å². The molecule has 2 aromatic carbocycles. The van der Waals surface area contributed by atoms with Crippen LogP contribution in [0.25, 0.3) is 33.8 Å². The number of halogens is 1. The summed E-state index contributed by atoms with van der Waals surface area (Å²) in [5, 5.41) is 11.9. The quantitative estimate of drug-likeness (QED) is 0.207. The monoisotopic (exact) mass is 795 g/mol.